The normalized spacial score (nSPS) is 17.9. The van der Waals surface area contributed by atoms with Gasteiger partial charge < -0.3 is 4.90 Å². The van der Waals surface area contributed by atoms with Crippen LogP contribution in [0.5, 0.6) is 0 Å². The van der Waals surface area contributed by atoms with Gasteiger partial charge in [-0.05, 0) is 18.1 Å². The summed E-state index contributed by atoms with van der Waals surface area (Å²) >= 11 is 1.77. The first kappa shape index (κ1) is 14.9. The third-order valence-electron chi connectivity index (χ3n) is 3.65. The van der Waals surface area contributed by atoms with Crippen LogP contribution in [0, 0.1) is 5.92 Å². The Morgan fingerprint density at radius 2 is 2.18 bits per heavy atom. The number of aryl methyl sites for hydroxylation is 1. The summed E-state index contributed by atoms with van der Waals surface area (Å²) in [6, 6.07) is 7.90. The van der Waals surface area contributed by atoms with Crippen LogP contribution < -0.4 is 10.6 Å². The Labute approximate surface area is 132 Å². The summed E-state index contributed by atoms with van der Waals surface area (Å²) < 4.78 is 2.57. The third-order valence-corrected chi connectivity index (χ3v) is 5.04. The van der Waals surface area contributed by atoms with Crippen LogP contribution in [0.25, 0.3) is 0 Å². The number of carbonyl (C=O) groups excluding carboxylic acids is 1. The third kappa shape index (κ3) is 2.81. The second kappa shape index (κ2) is 6.00. The Hall–Kier alpha value is -2.02. The van der Waals surface area contributed by atoms with Gasteiger partial charge in [-0.2, -0.15) is 5.10 Å². The van der Waals surface area contributed by atoms with Crippen molar-refractivity contribution in [2.75, 3.05) is 17.2 Å². The Kier molecular flexibility index (Phi) is 4.06. The monoisotopic (exact) mass is 318 g/mol. The second-order valence-corrected chi connectivity index (χ2v) is 6.63. The average Bonchev–Trinajstić information content (AvgIpc) is 2.74. The highest BCUT2D eigenvalue weighted by Crippen LogP contribution is 2.35. The average molecular weight is 318 g/mol. The molecular formula is C15H18N4O2S. The van der Waals surface area contributed by atoms with Gasteiger partial charge in [0.2, 0.25) is 5.91 Å². The number of anilines is 1. The zero-order valence-electron chi connectivity index (χ0n) is 12.6. The molecule has 2 heterocycles. The highest BCUT2D eigenvalue weighted by Gasteiger charge is 2.25. The maximum absolute atomic E-state index is 12.7. The van der Waals surface area contributed by atoms with Crippen molar-refractivity contribution in [3.05, 3.63) is 41.1 Å². The summed E-state index contributed by atoms with van der Waals surface area (Å²) in [7, 11) is 1.62. The Morgan fingerprint density at radius 1 is 1.41 bits per heavy atom. The fraction of sp³-hybridized carbons (Fsp3) is 0.400. The molecule has 7 heteroatoms. The van der Waals surface area contributed by atoms with Gasteiger partial charge in [0, 0.05) is 24.2 Å². The van der Waals surface area contributed by atoms with Gasteiger partial charge in [-0.15, -0.1) is 11.8 Å². The largest absolute Gasteiger partial charge is 0.345 e. The predicted molar refractivity (Wildman–Crippen MR) is 86.2 cm³/mol. The molecular weight excluding hydrogens is 300 g/mol. The van der Waals surface area contributed by atoms with E-state index in [1.807, 2.05) is 24.3 Å². The van der Waals surface area contributed by atoms with Crippen molar-refractivity contribution in [2.45, 2.75) is 18.4 Å². The molecule has 6 nitrogen and oxygen atoms in total. The zero-order chi connectivity index (χ0) is 15.7. The minimum absolute atomic E-state index is 0.0363. The van der Waals surface area contributed by atoms with Crippen molar-refractivity contribution in [1.29, 1.82) is 0 Å². The second-order valence-electron chi connectivity index (χ2n) is 5.57. The lowest BCUT2D eigenvalue weighted by atomic mass is 10.2. The summed E-state index contributed by atoms with van der Waals surface area (Å²) in [5, 5.41) is 3.96. The summed E-state index contributed by atoms with van der Waals surface area (Å²) in [6.07, 6.45) is 1.42. The molecule has 1 aromatic carbocycles. The van der Waals surface area contributed by atoms with E-state index in [0.717, 1.165) is 16.3 Å². The van der Waals surface area contributed by atoms with Crippen LogP contribution in [-0.2, 0) is 18.4 Å². The van der Waals surface area contributed by atoms with E-state index >= 15 is 0 Å². The Balaban J connectivity index is 1.90. The van der Waals surface area contributed by atoms with Crippen LogP contribution in [0.15, 0.2) is 40.3 Å². The topological polar surface area (TPSA) is 60.1 Å². The van der Waals surface area contributed by atoms with Gasteiger partial charge >= 0.3 is 5.69 Å². The van der Waals surface area contributed by atoms with Crippen molar-refractivity contribution in [3.8, 4) is 0 Å². The fourth-order valence-corrected chi connectivity index (χ4v) is 3.55. The lowest BCUT2D eigenvalue weighted by molar-refractivity contribution is -0.119. The Bertz CT molecular complexity index is 752. The minimum Gasteiger partial charge on any atom is -0.309 e. The molecule has 0 radical (unpaired) electrons. The van der Waals surface area contributed by atoms with E-state index in [4.69, 9.17) is 0 Å². The van der Waals surface area contributed by atoms with E-state index in [9.17, 15) is 9.59 Å². The molecule has 22 heavy (non-hydrogen) atoms. The Morgan fingerprint density at radius 3 is 2.91 bits per heavy atom. The summed E-state index contributed by atoms with van der Waals surface area (Å²) in [4.78, 5) is 27.4. The van der Waals surface area contributed by atoms with E-state index in [-0.39, 0.29) is 18.1 Å². The van der Waals surface area contributed by atoms with Gasteiger partial charge in [0.1, 0.15) is 12.9 Å². The van der Waals surface area contributed by atoms with Gasteiger partial charge in [-0.1, -0.05) is 19.1 Å². The molecule has 2 aromatic rings. The molecule has 0 fully saturated rings. The van der Waals surface area contributed by atoms with Crippen molar-refractivity contribution in [3.63, 3.8) is 0 Å². The maximum Gasteiger partial charge on any atom is 0.345 e. The molecule has 116 valence electrons. The van der Waals surface area contributed by atoms with E-state index in [2.05, 4.69) is 12.0 Å². The number of rotatable bonds is 2. The number of amides is 1. The lowest BCUT2D eigenvalue weighted by Crippen LogP contribution is -2.39. The number of para-hydroxylation sites is 1. The zero-order valence-corrected chi connectivity index (χ0v) is 13.4. The molecule has 1 amide bonds. The van der Waals surface area contributed by atoms with E-state index in [0.29, 0.717) is 12.5 Å². The molecule has 0 bridgehead atoms. The molecule has 0 saturated heterocycles. The minimum atomic E-state index is -0.279. The molecule has 1 aromatic heterocycles. The number of hydrogen-bond acceptors (Lipinski definition) is 4. The van der Waals surface area contributed by atoms with Crippen molar-refractivity contribution >= 4 is 23.4 Å². The quantitative estimate of drug-likeness (QED) is 0.839. The molecule has 0 N–H and O–H groups in total. The van der Waals surface area contributed by atoms with E-state index in [1.54, 1.807) is 23.7 Å². The first-order valence-corrected chi connectivity index (χ1v) is 8.15. The molecule has 0 aliphatic carbocycles. The SMILES string of the molecule is CC1CSc2ccccc2N(C(=O)Cn2ncn(C)c2=O)C1. The van der Waals surface area contributed by atoms with Crippen molar-refractivity contribution in [1.82, 2.24) is 14.3 Å². The molecule has 3 rings (SSSR count). The summed E-state index contributed by atoms with van der Waals surface area (Å²) in [6.45, 7) is 2.75. The van der Waals surface area contributed by atoms with Crippen LogP contribution in [0.3, 0.4) is 0 Å². The lowest BCUT2D eigenvalue weighted by Gasteiger charge is -2.24. The molecule has 1 unspecified atom stereocenters. The number of hydrogen-bond donors (Lipinski definition) is 0. The predicted octanol–water partition coefficient (Wildman–Crippen LogP) is 1.36. The van der Waals surface area contributed by atoms with Gasteiger partial charge in [0.15, 0.2) is 0 Å². The highest BCUT2D eigenvalue weighted by atomic mass is 32.2. The number of nitrogens with zero attached hydrogens (tertiary/aromatic N) is 4. The van der Waals surface area contributed by atoms with Crippen molar-refractivity contribution < 1.29 is 4.79 Å². The molecule has 0 saturated carbocycles. The van der Waals surface area contributed by atoms with Crippen molar-refractivity contribution in [2.24, 2.45) is 13.0 Å². The van der Waals surface area contributed by atoms with Crippen LogP contribution in [0.1, 0.15) is 6.92 Å². The maximum atomic E-state index is 12.7. The smallest absolute Gasteiger partial charge is 0.309 e. The number of aromatic nitrogens is 3. The van der Waals surface area contributed by atoms with E-state index in [1.165, 1.54) is 15.6 Å². The first-order chi connectivity index (χ1) is 10.6. The first-order valence-electron chi connectivity index (χ1n) is 7.17. The molecule has 0 spiro atoms. The number of benzene rings is 1. The molecule has 1 aliphatic rings. The highest BCUT2D eigenvalue weighted by molar-refractivity contribution is 7.99. The van der Waals surface area contributed by atoms with Crippen LogP contribution in [0.2, 0.25) is 0 Å². The van der Waals surface area contributed by atoms with Gasteiger partial charge in [-0.25, -0.2) is 9.48 Å². The van der Waals surface area contributed by atoms with Crippen LogP contribution in [-0.4, -0.2) is 32.6 Å². The standard InChI is InChI=1S/C15H18N4O2S/c1-11-7-18(12-5-3-4-6-13(12)22-9-11)14(20)8-19-15(21)17(2)10-16-19/h3-6,10-11H,7-9H2,1-2H3. The van der Waals surface area contributed by atoms with Gasteiger partial charge in [0.25, 0.3) is 0 Å². The molecule has 1 atom stereocenters. The van der Waals surface area contributed by atoms with Gasteiger partial charge in [-0.3, -0.25) is 9.36 Å². The number of fused-ring (bicyclic) bond motifs is 1. The van der Waals surface area contributed by atoms with Crippen LogP contribution >= 0.6 is 11.8 Å². The number of carbonyl (C=O) groups is 1. The summed E-state index contributed by atoms with van der Waals surface area (Å²) in [5.41, 5.74) is 0.643. The number of thioether (sulfide) groups is 1. The van der Waals surface area contributed by atoms with E-state index < -0.39 is 0 Å². The fourth-order valence-electron chi connectivity index (χ4n) is 2.48. The van der Waals surface area contributed by atoms with Gasteiger partial charge in [0.05, 0.1) is 5.69 Å². The molecule has 1 aliphatic heterocycles. The van der Waals surface area contributed by atoms with Crippen LogP contribution in [0.4, 0.5) is 5.69 Å². The summed E-state index contributed by atoms with van der Waals surface area (Å²) in [5.74, 6) is 1.26.